The zero-order valence-corrected chi connectivity index (χ0v) is 14.3. The number of rotatable bonds is 3. The van der Waals surface area contributed by atoms with Crippen LogP contribution in [0.5, 0.6) is 0 Å². The highest BCUT2D eigenvalue weighted by atomic mass is 32.1. The van der Waals surface area contributed by atoms with Crippen LogP contribution in [0.4, 0.5) is 5.69 Å². The molecule has 2 aromatic rings. The predicted molar refractivity (Wildman–Crippen MR) is 96.0 cm³/mol. The molecule has 1 aliphatic heterocycles. The molecule has 126 valence electrons. The van der Waals surface area contributed by atoms with E-state index in [1.54, 1.807) is 0 Å². The summed E-state index contributed by atoms with van der Waals surface area (Å²) in [6, 6.07) is 9.25. The fraction of sp³-hybridized carbons (Fsp3) is 0.333. The Morgan fingerprint density at radius 3 is 2.42 bits per heavy atom. The molecule has 2 heterocycles. The van der Waals surface area contributed by atoms with Crippen LogP contribution in [0.1, 0.15) is 22.3 Å². The first-order chi connectivity index (χ1) is 11.6. The zero-order valence-electron chi connectivity index (χ0n) is 13.5. The molecule has 2 amide bonds. The van der Waals surface area contributed by atoms with Crippen molar-refractivity contribution in [3.05, 3.63) is 52.2 Å². The van der Waals surface area contributed by atoms with Crippen LogP contribution in [0.2, 0.25) is 0 Å². The minimum absolute atomic E-state index is 0.0593. The molecule has 5 nitrogen and oxygen atoms in total. The van der Waals surface area contributed by atoms with Crippen LogP contribution in [-0.2, 0) is 11.2 Å². The maximum Gasteiger partial charge on any atom is 0.254 e. The molecule has 24 heavy (non-hydrogen) atoms. The monoisotopic (exact) mass is 343 g/mol. The summed E-state index contributed by atoms with van der Waals surface area (Å²) in [5.74, 6) is 0.161. The van der Waals surface area contributed by atoms with Crippen LogP contribution in [0, 0.1) is 0 Å². The smallest absolute Gasteiger partial charge is 0.254 e. The van der Waals surface area contributed by atoms with E-state index in [2.05, 4.69) is 0 Å². The number of benzene rings is 1. The van der Waals surface area contributed by atoms with E-state index in [0.717, 1.165) is 17.5 Å². The van der Waals surface area contributed by atoms with Gasteiger partial charge in [-0.1, -0.05) is 12.1 Å². The Bertz CT molecular complexity index is 698. The van der Waals surface area contributed by atoms with Crippen molar-refractivity contribution in [3.63, 3.8) is 0 Å². The summed E-state index contributed by atoms with van der Waals surface area (Å²) in [4.78, 5) is 28.6. The second-order valence-corrected chi connectivity index (χ2v) is 6.74. The Morgan fingerprint density at radius 1 is 1.00 bits per heavy atom. The average molecular weight is 343 g/mol. The van der Waals surface area contributed by atoms with E-state index in [-0.39, 0.29) is 11.8 Å². The molecule has 0 aliphatic carbocycles. The summed E-state index contributed by atoms with van der Waals surface area (Å²) in [6.07, 6.45) is 1.18. The first-order valence-corrected chi connectivity index (χ1v) is 9.01. The second kappa shape index (κ2) is 7.49. The normalized spacial score (nSPS) is 15.2. The van der Waals surface area contributed by atoms with Crippen molar-refractivity contribution < 1.29 is 9.59 Å². The van der Waals surface area contributed by atoms with Gasteiger partial charge in [0.2, 0.25) is 5.91 Å². The van der Waals surface area contributed by atoms with Crippen LogP contribution in [0.25, 0.3) is 0 Å². The topological polar surface area (TPSA) is 66.6 Å². The van der Waals surface area contributed by atoms with E-state index in [1.807, 2.05) is 50.9 Å². The van der Waals surface area contributed by atoms with Crippen molar-refractivity contribution in [2.45, 2.75) is 12.8 Å². The van der Waals surface area contributed by atoms with E-state index < -0.39 is 0 Å². The number of nitrogen functional groups attached to an aromatic ring is 1. The Labute approximate surface area is 145 Å². The van der Waals surface area contributed by atoms with Crippen molar-refractivity contribution in [2.24, 2.45) is 0 Å². The fourth-order valence-electron chi connectivity index (χ4n) is 2.86. The third-order valence-electron chi connectivity index (χ3n) is 4.24. The number of amides is 2. The Balaban J connectivity index is 1.57. The van der Waals surface area contributed by atoms with Crippen LogP contribution in [-0.4, -0.2) is 47.8 Å². The molecular formula is C18H21N3O2S. The summed E-state index contributed by atoms with van der Waals surface area (Å²) in [6.45, 7) is 2.56. The first kappa shape index (κ1) is 16.5. The van der Waals surface area contributed by atoms with Crippen molar-refractivity contribution in [1.29, 1.82) is 0 Å². The Hall–Kier alpha value is -2.34. The number of hydrogen-bond acceptors (Lipinski definition) is 4. The van der Waals surface area contributed by atoms with E-state index in [4.69, 9.17) is 5.73 Å². The number of carbonyl (C=O) groups is 2. The molecule has 0 saturated carbocycles. The van der Waals surface area contributed by atoms with Gasteiger partial charge in [0.15, 0.2) is 0 Å². The van der Waals surface area contributed by atoms with Gasteiger partial charge in [-0.3, -0.25) is 9.59 Å². The standard InChI is InChI=1S/C18H21N3O2S/c19-16-4-2-14(3-5-16)12-17(22)20-7-1-8-21(10-9-20)18(23)15-6-11-24-13-15/h2-6,11,13H,1,7-10,12,19H2. The van der Waals surface area contributed by atoms with E-state index in [1.165, 1.54) is 11.3 Å². The van der Waals surface area contributed by atoms with Crippen molar-refractivity contribution >= 4 is 28.8 Å². The number of anilines is 1. The highest BCUT2D eigenvalue weighted by Crippen LogP contribution is 2.13. The lowest BCUT2D eigenvalue weighted by atomic mass is 10.1. The van der Waals surface area contributed by atoms with Crippen LogP contribution in [0.3, 0.4) is 0 Å². The van der Waals surface area contributed by atoms with Gasteiger partial charge in [0, 0.05) is 37.2 Å². The quantitative estimate of drug-likeness (QED) is 0.869. The molecule has 1 aromatic carbocycles. The summed E-state index contributed by atoms with van der Waals surface area (Å²) < 4.78 is 0. The summed E-state index contributed by atoms with van der Waals surface area (Å²) in [5, 5.41) is 3.78. The molecular weight excluding hydrogens is 322 g/mol. The van der Waals surface area contributed by atoms with Gasteiger partial charge in [-0.2, -0.15) is 11.3 Å². The summed E-state index contributed by atoms with van der Waals surface area (Å²) in [5.41, 5.74) is 8.07. The van der Waals surface area contributed by atoms with E-state index in [0.29, 0.717) is 38.3 Å². The maximum absolute atomic E-state index is 12.5. The number of nitrogens with zero attached hydrogens (tertiary/aromatic N) is 2. The molecule has 0 atom stereocenters. The van der Waals surface area contributed by atoms with Crippen LogP contribution in [0.15, 0.2) is 41.1 Å². The molecule has 0 spiro atoms. The third kappa shape index (κ3) is 3.94. The van der Waals surface area contributed by atoms with Crippen LogP contribution < -0.4 is 5.73 Å². The number of hydrogen-bond donors (Lipinski definition) is 1. The van der Waals surface area contributed by atoms with Gasteiger partial charge in [0.1, 0.15) is 0 Å². The van der Waals surface area contributed by atoms with Gasteiger partial charge in [0.05, 0.1) is 12.0 Å². The van der Waals surface area contributed by atoms with Gasteiger partial charge < -0.3 is 15.5 Å². The van der Waals surface area contributed by atoms with Gasteiger partial charge >= 0.3 is 0 Å². The predicted octanol–water partition coefficient (Wildman–Crippen LogP) is 2.25. The molecule has 1 aliphatic rings. The first-order valence-electron chi connectivity index (χ1n) is 8.07. The molecule has 0 radical (unpaired) electrons. The van der Waals surface area contributed by atoms with Crippen LogP contribution >= 0.6 is 11.3 Å². The molecule has 0 bridgehead atoms. The largest absolute Gasteiger partial charge is 0.399 e. The number of carbonyl (C=O) groups excluding carboxylic acids is 2. The minimum atomic E-state index is 0.0593. The maximum atomic E-state index is 12.5. The third-order valence-corrected chi connectivity index (χ3v) is 4.92. The second-order valence-electron chi connectivity index (χ2n) is 5.96. The van der Waals surface area contributed by atoms with E-state index >= 15 is 0 Å². The Kier molecular flexibility index (Phi) is 5.15. The lowest BCUT2D eigenvalue weighted by Gasteiger charge is -2.22. The molecule has 0 unspecified atom stereocenters. The van der Waals surface area contributed by atoms with Crippen molar-refractivity contribution in [2.75, 3.05) is 31.9 Å². The lowest BCUT2D eigenvalue weighted by Crippen LogP contribution is -2.37. The lowest BCUT2D eigenvalue weighted by molar-refractivity contribution is -0.130. The van der Waals surface area contributed by atoms with Gasteiger partial charge in [-0.15, -0.1) is 0 Å². The zero-order chi connectivity index (χ0) is 16.9. The molecule has 1 fully saturated rings. The average Bonchev–Trinajstić information content (AvgIpc) is 3.00. The molecule has 3 rings (SSSR count). The van der Waals surface area contributed by atoms with E-state index in [9.17, 15) is 9.59 Å². The molecule has 2 N–H and O–H groups in total. The number of nitrogens with two attached hydrogens (primary N) is 1. The molecule has 1 saturated heterocycles. The van der Waals surface area contributed by atoms with Crippen molar-refractivity contribution in [1.82, 2.24) is 9.80 Å². The highest BCUT2D eigenvalue weighted by molar-refractivity contribution is 7.08. The molecule has 6 heteroatoms. The summed E-state index contributed by atoms with van der Waals surface area (Å²) in [7, 11) is 0. The van der Waals surface area contributed by atoms with Gasteiger partial charge in [-0.25, -0.2) is 0 Å². The minimum Gasteiger partial charge on any atom is -0.399 e. The van der Waals surface area contributed by atoms with Gasteiger partial charge in [0.25, 0.3) is 5.91 Å². The SMILES string of the molecule is Nc1ccc(CC(=O)N2CCCN(C(=O)c3ccsc3)CC2)cc1. The van der Waals surface area contributed by atoms with Crippen molar-refractivity contribution in [3.8, 4) is 0 Å². The van der Waals surface area contributed by atoms with Gasteiger partial charge in [-0.05, 0) is 35.6 Å². The highest BCUT2D eigenvalue weighted by Gasteiger charge is 2.23. The Morgan fingerprint density at radius 2 is 1.71 bits per heavy atom. The summed E-state index contributed by atoms with van der Waals surface area (Å²) >= 11 is 1.52. The number of thiophene rings is 1. The fourth-order valence-corrected chi connectivity index (χ4v) is 3.49. The molecule has 1 aromatic heterocycles.